The molecular weight excluding hydrogens is 409 g/mol. The summed E-state index contributed by atoms with van der Waals surface area (Å²) >= 11 is 0. The van der Waals surface area contributed by atoms with E-state index in [-0.39, 0.29) is 35.7 Å². The molecule has 6 nitrogen and oxygen atoms in total. The lowest BCUT2D eigenvalue weighted by molar-refractivity contribution is -0.143. The maximum atomic E-state index is 14.9. The molecule has 4 aliphatic rings. The van der Waals surface area contributed by atoms with Crippen LogP contribution in [0.5, 0.6) is 0 Å². The molecule has 5 rings (SSSR count). The Morgan fingerprint density at radius 3 is 2.19 bits per heavy atom. The van der Waals surface area contributed by atoms with Crippen molar-refractivity contribution in [2.45, 2.75) is 55.3 Å². The fraction of sp³-hybridized carbons (Fsp3) is 0.720. The van der Waals surface area contributed by atoms with E-state index in [1.54, 1.807) is 0 Å². The van der Waals surface area contributed by atoms with Gasteiger partial charge in [0, 0.05) is 18.6 Å². The molecule has 1 spiro atoms. The van der Waals surface area contributed by atoms with Crippen LogP contribution in [0.25, 0.3) is 0 Å². The van der Waals surface area contributed by atoms with Gasteiger partial charge in [0.2, 0.25) is 0 Å². The van der Waals surface area contributed by atoms with Crippen molar-refractivity contribution in [2.24, 2.45) is 5.41 Å². The molecule has 2 saturated carbocycles. The van der Waals surface area contributed by atoms with Gasteiger partial charge in [0.25, 0.3) is 0 Å². The number of rotatable bonds is 7. The molecule has 32 heavy (non-hydrogen) atoms. The van der Waals surface area contributed by atoms with Crippen LogP contribution >= 0.6 is 0 Å². The highest BCUT2D eigenvalue weighted by molar-refractivity contribution is 5.78. The second-order valence-electron chi connectivity index (χ2n) is 11.0. The second-order valence-corrected chi connectivity index (χ2v) is 11.0. The molecular formula is C25H36FN3O3. The Bertz CT molecular complexity index is 840. The van der Waals surface area contributed by atoms with Gasteiger partial charge in [-0.1, -0.05) is 30.3 Å². The minimum atomic E-state index is -1.22. The number of halogens is 1. The number of aliphatic hydroxyl groups excluding tert-OH is 1. The number of hydrogen-bond donors (Lipinski definition) is 1. The average Bonchev–Trinajstić information content (AvgIpc) is 3.46. The first kappa shape index (κ1) is 22.1. The van der Waals surface area contributed by atoms with E-state index in [0.29, 0.717) is 39.1 Å². The predicted molar refractivity (Wildman–Crippen MR) is 120 cm³/mol. The van der Waals surface area contributed by atoms with E-state index in [1.807, 2.05) is 15.9 Å². The SMILES string of the molecule is CN(C)C1(c2ccccc2)CCC2(CC1)CN(CC1(CO)COC1)C(=O)N2CC1(F)CC1. The number of carbonyl (C=O) groups is 1. The van der Waals surface area contributed by atoms with E-state index >= 15 is 0 Å². The van der Waals surface area contributed by atoms with E-state index in [4.69, 9.17) is 4.74 Å². The van der Waals surface area contributed by atoms with E-state index in [1.165, 1.54) is 5.56 Å². The summed E-state index contributed by atoms with van der Waals surface area (Å²) in [6.45, 7) is 2.26. The molecule has 1 N–H and O–H groups in total. The Balaban J connectivity index is 1.40. The first-order valence-corrected chi connectivity index (χ1v) is 11.9. The number of benzene rings is 1. The first-order chi connectivity index (χ1) is 15.3. The zero-order valence-corrected chi connectivity index (χ0v) is 19.4. The van der Waals surface area contributed by atoms with Gasteiger partial charge in [-0.15, -0.1) is 0 Å². The van der Waals surface area contributed by atoms with Gasteiger partial charge in [-0.05, 0) is 58.2 Å². The van der Waals surface area contributed by atoms with Crippen molar-refractivity contribution in [1.82, 2.24) is 14.7 Å². The third kappa shape index (κ3) is 3.53. The normalized spacial score (nSPS) is 33.1. The summed E-state index contributed by atoms with van der Waals surface area (Å²) in [4.78, 5) is 19.6. The number of urea groups is 1. The molecule has 0 atom stereocenters. The predicted octanol–water partition coefficient (Wildman–Crippen LogP) is 3.00. The molecule has 2 aliphatic carbocycles. The quantitative estimate of drug-likeness (QED) is 0.701. The first-order valence-electron chi connectivity index (χ1n) is 11.9. The zero-order chi connectivity index (χ0) is 22.6. The molecule has 2 amide bonds. The van der Waals surface area contributed by atoms with Gasteiger partial charge in [-0.25, -0.2) is 9.18 Å². The largest absolute Gasteiger partial charge is 0.396 e. The van der Waals surface area contributed by atoms with Gasteiger partial charge in [0.1, 0.15) is 5.67 Å². The van der Waals surface area contributed by atoms with E-state index in [9.17, 15) is 14.3 Å². The van der Waals surface area contributed by atoms with E-state index in [0.717, 1.165) is 25.7 Å². The van der Waals surface area contributed by atoms with Crippen molar-refractivity contribution in [3.8, 4) is 0 Å². The molecule has 1 aromatic carbocycles. The molecule has 2 saturated heterocycles. The summed E-state index contributed by atoms with van der Waals surface area (Å²) in [5.41, 5.74) is -0.694. The molecule has 0 aromatic heterocycles. The Morgan fingerprint density at radius 2 is 1.69 bits per heavy atom. The summed E-state index contributed by atoms with van der Waals surface area (Å²) in [6.07, 6.45) is 4.65. The van der Waals surface area contributed by atoms with Gasteiger partial charge in [0.15, 0.2) is 0 Å². The highest BCUT2D eigenvalue weighted by Gasteiger charge is 2.59. The monoisotopic (exact) mass is 445 g/mol. The standard InChI is InChI=1S/C25H36FN3O3/c1-27(2)25(20-6-4-3-5-7-20)12-10-24(11-13-25)16-28(14-22(17-30)18-32-19-22)21(31)29(24)15-23(26)8-9-23/h3-7,30H,8-19H2,1-2H3. The van der Waals surface area contributed by atoms with Crippen molar-refractivity contribution < 1.29 is 19.0 Å². The number of aliphatic hydroxyl groups is 1. The Hall–Kier alpha value is -1.70. The number of alkyl halides is 1. The van der Waals surface area contributed by atoms with Crippen LogP contribution in [0.15, 0.2) is 30.3 Å². The van der Waals surface area contributed by atoms with Crippen molar-refractivity contribution in [2.75, 3.05) is 53.6 Å². The summed E-state index contributed by atoms with van der Waals surface area (Å²) in [5.74, 6) is 0. The minimum Gasteiger partial charge on any atom is -0.396 e. The zero-order valence-electron chi connectivity index (χ0n) is 19.4. The van der Waals surface area contributed by atoms with E-state index in [2.05, 4.69) is 43.3 Å². The molecule has 176 valence electrons. The molecule has 4 fully saturated rings. The summed E-state index contributed by atoms with van der Waals surface area (Å²) in [5, 5.41) is 9.91. The third-order valence-electron chi connectivity index (χ3n) is 8.65. The number of nitrogens with zero attached hydrogens (tertiary/aromatic N) is 3. The minimum absolute atomic E-state index is 0.00851. The lowest BCUT2D eigenvalue weighted by atomic mass is 9.68. The Kier molecular flexibility index (Phi) is 5.30. The highest BCUT2D eigenvalue weighted by atomic mass is 19.1. The lowest BCUT2D eigenvalue weighted by Gasteiger charge is -2.51. The molecule has 7 heteroatoms. The fourth-order valence-electron chi connectivity index (χ4n) is 6.15. The van der Waals surface area contributed by atoms with Crippen LogP contribution < -0.4 is 0 Å². The summed E-state index contributed by atoms with van der Waals surface area (Å²) in [6, 6.07) is 10.6. The van der Waals surface area contributed by atoms with Crippen molar-refractivity contribution in [3.05, 3.63) is 35.9 Å². The van der Waals surface area contributed by atoms with Gasteiger partial charge in [-0.2, -0.15) is 0 Å². The van der Waals surface area contributed by atoms with Gasteiger partial charge in [-0.3, -0.25) is 4.90 Å². The molecule has 0 bridgehead atoms. The molecule has 2 heterocycles. The summed E-state index contributed by atoms with van der Waals surface area (Å²) in [7, 11) is 4.27. The van der Waals surface area contributed by atoms with Crippen LogP contribution in [0, 0.1) is 5.41 Å². The summed E-state index contributed by atoms with van der Waals surface area (Å²) < 4.78 is 20.3. The molecule has 2 aliphatic heterocycles. The van der Waals surface area contributed by atoms with Crippen LogP contribution in [0.1, 0.15) is 44.1 Å². The third-order valence-corrected chi connectivity index (χ3v) is 8.65. The Morgan fingerprint density at radius 1 is 1.03 bits per heavy atom. The van der Waals surface area contributed by atoms with Crippen molar-refractivity contribution in [1.29, 1.82) is 0 Å². The van der Waals surface area contributed by atoms with Gasteiger partial charge < -0.3 is 19.6 Å². The average molecular weight is 446 g/mol. The van der Waals surface area contributed by atoms with Gasteiger partial charge in [0.05, 0.1) is 37.3 Å². The number of amides is 2. The lowest BCUT2D eigenvalue weighted by Crippen LogP contribution is -2.56. The fourth-order valence-corrected chi connectivity index (χ4v) is 6.15. The molecule has 1 aromatic rings. The van der Waals surface area contributed by atoms with Crippen LogP contribution in [-0.2, 0) is 10.3 Å². The number of hydrogen-bond acceptors (Lipinski definition) is 4. The maximum absolute atomic E-state index is 14.9. The van der Waals surface area contributed by atoms with Crippen LogP contribution in [0.2, 0.25) is 0 Å². The molecule has 0 unspecified atom stereocenters. The number of ether oxygens (including phenoxy) is 1. The Labute approximate surface area is 190 Å². The topological polar surface area (TPSA) is 56.2 Å². The molecule has 0 radical (unpaired) electrons. The van der Waals surface area contributed by atoms with Gasteiger partial charge >= 0.3 is 6.03 Å². The van der Waals surface area contributed by atoms with Crippen molar-refractivity contribution in [3.63, 3.8) is 0 Å². The van der Waals surface area contributed by atoms with Crippen LogP contribution in [-0.4, -0.2) is 90.6 Å². The second kappa shape index (κ2) is 7.67. The smallest absolute Gasteiger partial charge is 0.320 e. The highest BCUT2D eigenvalue weighted by Crippen LogP contribution is 2.51. The van der Waals surface area contributed by atoms with Crippen molar-refractivity contribution >= 4 is 6.03 Å². The van der Waals surface area contributed by atoms with Crippen LogP contribution in [0.3, 0.4) is 0 Å². The maximum Gasteiger partial charge on any atom is 0.320 e. The number of carbonyl (C=O) groups excluding carboxylic acids is 1. The van der Waals surface area contributed by atoms with Crippen LogP contribution in [0.4, 0.5) is 9.18 Å². The van der Waals surface area contributed by atoms with E-state index < -0.39 is 5.67 Å².